The van der Waals surface area contributed by atoms with Crippen LogP contribution < -0.4 is 0 Å². The third kappa shape index (κ3) is 6.42. The number of Topliss-reactive ketones (excluding diaryl/α,β-unsaturated/α-hetero) is 1. The van der Waals surface area contributed by atoms with Crippen molar-refractivity contribution in [2.75, 3.05) is 0 Å². The van der Waals surface area contributed by atoms with Gasteiger partial charge in [-0.05, 0) is 49.4 Å². The lowest BCUT2D eigenvalue weighted by Crippen LogP contribution is -2.22. The summed E-state index contributed by atoms with van der Waals surface area (Å²) in [6, 6.07) is 0. The molecule has 3 atom stereocenters. The summed E-state index contributed by atoms with van der Waals surface area (Å²) in [7, 11) is 0. The van der Waals surface area contributed by atoms with Crippen LogP contribution in [0.25, 0.3) is 0 Å². The Labute approximate surface area is 139 Å². The maximum atomic E-state index is 12.3. The van der Waals surface area contributed by atoms with Gasteiger partial charge in [0.15, 0.2) is 0 Å². The van der Waals surface area contributed by atoms with Gasteiger partial charge in [-0.3, -0.25) is 4.79 Å². The van der Waals surface area contributed by atoms with E-state index in [9.17, 15) is 4.79 Å². The summed E-state index contributed by atoms with van der Waals surface area (Å²) in [6.07, 6.45) is 12.7. The molecule has 0 saturated heterocycles. The minimum absolute atomic E-state index is 0.255. The lowest BCUT2D eigenvalue weighted by atomic mass is 9.73. The highest BCUT2D eigenvalue weighted by molar-refractivity contribution is 5.80. The molecule has 1 aliphatic rings. The average Bonchev–Trinajstić information content (AvgIpc) is 2.53. The largest absolute Gasteiger partial charge is 0.299 e. The van der Waals surface area contributed by atoms with Gasteiger partial charge in [0, 0.05) is 12.3 Å². The topological polar surface area (TPSA) is 17.1 Å². The molecule has 22 heavy (non-hydrogen) atoms. The summed E-state index contributed by atoms with van der Waals surface area (Å²) < 4.78 is 0. The van der Waals surface area contributed by atoms with E-state index >= 15 is 0 Å². The van der Waals surface area contributed by atoms with Crippen molar-refractivity contribution in [3.8, 4) is 0 Å². The summed E-state index contributed by atoms with van der Waals surface area (Å²) in [4.78, 5) is 12.3. The molecule has 1 heteroatoms. The zero-order valence-electron chi connectivity index (χ0n) is 15.9. The van der Waals surface area contributed by atoms with E-state index in [4.69, 9.17) is 0 Å². The molecule has 0 N–H and O–H groups in total. The fourth-order valence-electron chi connectivity index (χ4n) is 4.18. The third-order valence-corrected chi connectivity index (χ3v) is 6.39. The molecule has 0 heterocycles. The van der Waals surface area contributed by atoms with E-state index in [1.165, 1.54) is 44.9 Å². The minimum Gasteiger partial charge on any atom is -0.299 e. The molecule has 1 aliphatic carbocycles. The highest BCUT2D eigenvalue weighted by atomic mass is 16.1. The van der Waals surface area contributed by atoms with Crippen molar-refractivity contribution >= 4 is 5.78 Å². The molecule has 1 fully saturated rings. The van der Waals surface area contributed by atoms with Crippen LogP contribution >= 0.6 is 0 Å². The van der Waals surface area contributed by atoms with Gasteiger partial charge in [-0.1, -0.05) is 66.7 Å². The van der Waals surface area contributed by atoms with E-state index in [0.29, 0.717) is 11.7 Å². The molecular weight excluding hydrogens is 268 g/mol. The van der Waals surface area contributed by atoms with E-state index in [1.807, 2.05) is 0 Å². The molecule has 130 valence electrons. The second kappa shape index (κ2) is 10.4. The second-order valence-corrected chi connectivity index (χ2v) is 8.10. The van der Waals surface area contributed by atoms with E-state index in [1.54, 1.807) is 0 Å². The number of hydrogen-bond acceptors (Lipinski definition) is 1. The van der Waals surface area contributed by atoms with Crippen LogP contribution in [0, 0.1) is 29.6 Å². The van der Waals surface area contributed by atoms with Crippen LogP contribution in [-0.2, 0) is 4.79 Å². The van der Waals surface area contributed by atoms with Gasteiger partial charge < -0.3 is 0 Å². The first kappa shape index (κ1) is 19.7. The Balaban J connectivity index is 2.36. The second-order valence-electron chi connectivity index (χ2n) is 8.10. The first-order valence-corrected chi connectivity index (χ1v) is 10.0. The Bertz CT molecular complexity index is 301. The Morgan fingerprint density at radius 1 is 1.05 bits per heavy atom. The molecule has 3 unspecified atom stereocenters. The van der Waals surface area contributed by atoms with Crippen LogP contribution in [0.1, 0.15) is 98.8 Å². The maximum absolute atomic E-state index is 12.3. The summed E-state index contributed by atoms with van der Waals surface area (Å²) in [5, 5.41) is 0. The molecular formula is C21H40O. The molecule has 0 amide bonds. The fraction of sp³-hybridized carbons (Fsp3) is 0.952. The number of carbonyl (C=O) groups is 1. The lowest BCUT2D eigenvalue weighted by Gasteiger charge is -2.33. The van der Waals surface area contributed by atoms with Crippen molar-refractivity contribution < 1.29 is 4.79 Å². The van der Waals surface area contributed by atoms with Crippen LogP contribution in [0.4, 0.5) is 0 Å². The SMILES string of the molecule is CCCC(CCCC(=O)C(C)C(C)CC)C1CCC(C)CC1. The number of ketones is 1. The van der Waals surface area contributed by atoms with Crippen molar-refractivity contribution in [2.24, 2.45) is 29.6 Å². The van der Waals surface area contributed by atoms with Crippen LogP contribution in [0.5, 0.6) is 0 Å². The zero-order valence-corrected chi connectivity index (χ0v) is 15.9. The first-order valence-electron chi connectivity index (χ1n) is 10.0. The standard InChI is InChI=1S/C21H40O/c1-6-9-19(20-14-12-16(3)13-15-20)10-8-11-21(22)18(5)17(4)7-2/h16-20H,6-15H2,1-5H3. The molecule has 0 bridgehead atoms. The highest BCUT2D eigenvalue weighted by Gasteiger charge is 2.26. The van der Waals surface area contributed by atoms with Gasteiger partial charge in [0.2, 0.25) is 0 Å². The molecule has 1 nitrogen and oxygen atoms in total. The fourth-order valence-corrected chi connectivity index (χ4v) is 4.18. The number of rotatable bonds is 10. The summed E-state index contributed by atoms with van der Waals surface area (Å²) in [6.45, 7) is 11.2. The Morgan fingerprint density at radius 2 is 1.68 bits per heavy atom. The smallest absolute Gasteiger partial charge is 0.135 e. The van der Waals surface area contributed by atoms with E-state index in [0.717, 1.165) is 37.0 Å². The van der Waals surface area contributed by atoms with E-state index in [-0.39, 0.29) is 5.92 Å². The monoisotopic (exact) mass is 308 g/mol. The van der Waals surface area contributed by atoms with Gasteiger partial charge in [-0.15, -0.1) is 0 Å². The summed E-state index contributed by atoms with van der Waals surface area (Å²) in [5.41, 5.74) is 0. The predicted octanol–water partition coefficient (Wildman–Crippen LogP) is 6.65. The van der Waals surface area contributed by atoms with Gasteiger partial charge in [-0.25, -0.2) is 0 Å². The van der Waals surface area contributed by atoms with Gasteiger partial charge in [0.25, 0.3) is 0 Å². The Hall–Kier alpha value is -0.330. The first-order chi connectivity index (χ1) is 10.5. The van der Waals surface area contributed by atoms with Gasteiger partial charge in [0.1, 0.15) is 5.78 Å². The Morgan fingerprint density at radius 3 is 2.23 bits per heavy atom. The molecule has 1 rings (SSSR count). The molecule has 0 radical (unpaired) electrons. The van der Waals surface area contributed by atoms with Gasteiger partial charge >= 0.3 is 0 Å². The van der Waals surface area contributed by atoms with Gasteiger partial charge in [-0.2, -0.15) is 0 Å². The normalized spacial score (nSPS) is 26.4. The van der Waals surface area contributed by atoms with E-state index in [2.05, 4.69) is 34.6 Å². The third-order valence-electron chi connectivity index (χ3n) is 6.39. The molecule has 0 spiro atoms. The summed E-state index contributed by atoms with van der Waals surface area (Å²) >= 11 is 0. The predicted molar refractivity (Wildman–Crippen MR) is 97.0 cm³/mol. The number of carbonyl (C=O) groups excluding carboxylic acids is 1. The summed E-state index contributed by atoms with van der Waals surface area (Å²) in [5.74, 6) is 4.06. The van der Waals surface area contributed by atoms with Crippen molar-refractivity contribution in [3.05, 3.63) is 0 Å². The molecule has 0 aromatic heterocycles. The average molecular weight is 309 g/mol. The Kier molecular flexibility index (Phi) is 9.36. The zero-order chi connectivity index (χ0) is 16.5. The maximum Gasteiger partial charge on any atom is 0.135 e. The lowest BCUT2D eigenvalue weighted by molar-refractivity contribution is -0.124. The minimum atomic E-state index is 0.255. The highest BCUT2D eigenvalue weighted by Crippen LogP contribution is 2.37. The quantitative estimate of drug-likeness (QED) is 0.441. The molecule has 0 aliphatic heterocycles. The number of hydrogen-bond donors (Lipinski definition) is 0. The van der Waals surface area contributed by atoms with Crippen molar-refractivity contribution in [1.82, 2.24) is 0 Å². The van der Waals surface area contributed by atoms with Crippen LogP contribution in [0.15, 0.2) is 0 Å². The van der Waals surface area contributed by atoms with Crippen LogP contribution in [0.2, 0.25) is 0 Å². The molecule has 0 aromatic rings. The van der Waals surface area contributed by atoms with Crippen molar-refractivity contribution in [2.45, 2.75) is 98.8 Å². The van der Waals surface area contributed by atoms with Crippen LogP contribution in [-0.4, -0.2) is 5.78 Å². The van der Waals surface area contributed by atoms with Crippen LogP contribution in [0.3, 0.4) is 0 Å². The molecule has 0 aromatic carbocycles. The molecule has 1 saturated carbocycles. The van der Waals surface area contributed by atoms with Crippen molar-refractivity contribution in [3.63, 3.8) is 0 Å². The van der Waals surface area contributed by atoms with Crippen molar-refractivity contribution in [1.29, 1.82) is 0 Å². The van der Waals surface area contributed by atoms with E-state index < -0.39 is 0 Å². The van der Waals surface area contributed by atoms with Gasteiger partial charge in [0.05, 0.1) is 0 Å².